The van der Waals surface area contributed by atoms with Crippen molar-refractivity contribution in [2.45, 2.75) is 38.8 Å². The molecule has 1 amide bonds. The lowest BCUT2D eigenvalue weighted by Gasteiger charge is -2.19. The summed E-state index contributed by atoms with van der Waals surface area (Å²) in [7, 11) is 0. The zero-order valence-corrected chi connectivity index (χ0v) is 9.76. The zero-order valence-electron chi connectivity index (χ0n) is 9.76. The molecule has 6 nitrogen and oxygen atoms in total. The summed E-state index contributed by atoms with van der Waals surface area (Å²) in [5, 5.41) is 6.83. The van der Waals surface area contributed by atoms with Gasteiger partial charge in [0.1, 0.15) is 18.7 Å². The minimum Gasteiger partial charge on any atom is -0.350 e. The van der Waals surface area contributed by atoms with E-state index >= 15 is 0 Å². The Morgan fingerprint density at radius 2 is 2.38 bits per heavy atom. The van der Waals surface area contributed by atoms with Gasteiger partial charge in [-0.15, -0.1) is 0 Å². The van der Waals surface area contributed by atoms with Crippen LogP contribution in [0.2, 0.25) is 0 Å². The van der Waals surface area contributed by atoms with Crippen LogP contribution in [-0.2, 0) is 4.79 Å². The van der Waals surface area contributed by atoms with Crippen LogP contribution in [0.3, 0.4) is 0 Å². The van der Waals surface area contributed by atoms with Crippen LogP contribution in [0.4, 0.5) is 0 Å². The highest BCUT2D eigenvalue weighted by molar-refractivity contribution is 5.80. The molecule has 2 unspecified atom stereocenters. The fourth-order valence-corrected chi connectivity index (χ4v) is 1.46. The van der Waals surface area contributed by atoms with Crippen molar-refractivity contribution >= 4 is 5.91 Å². The minimum atomic E-state index is -0.353. The van der Waals surface area contributed by atoms with Crippen LogP contribution < -0.4 is 11.1 Å². The SMILES string of the molecule is CCCC(CN)NC(=O)C(C)n1cncn1. The van der Waals surface area contributed by atoms with Gasteiger partial charge >= 0.3 is 0 Å². The van der Waals surface area contributed by atoms with Gasteiger partial charge in [-0.1, -0.05) is 13.3 Å². The second-order valence-electron chi connectivity index (χ2n) is 3.78. The summed E-state index contributed by atoms with van der Waals surface area (Å²) in [5.74, 6) is -0.0746. The molecule has 2 atom stereocenters. The highest BCUT2D eigenvalue weighted by Gasteiger charge is 2.18. The summed E-state index contributed by atoms with van der Waals surface area (Å²) in [6.45, 7) is 4.31. The van der Waals surface area contributed by atoms with E-state index in [1.807, 2.05) is 0 Å². The summed E-state index contributed by atoms with van der Waals surface area (Å²) in [5.41, 5.74) is 5.58. The summed E-state index contributed by atoms with van der Waals surface area (Å²) in [6.07, 6.45) is 4.84. The number of nitrogens with two attached hydrogens (primary N) is 1. The van der Waals surface area contributed by atoms with Crippen molar-refractivity contribution < 1.29 is 4.79 Å². The molecular weight excluding hydrogens is 206 g/mol. The molecule has 1 aromatic rings. The lowest BCUT2D eigenvalue weighted by atomic mass is 10.1. The van der Waals surface area contributed by atoms with Gasteiger partial charge in [-0.3, -0.25) is 4.79 Å². The van der Waals surface area contributed by atoms with Gasteiger partial charge in [0.25, 0.3) is 0 Å². The fraction of sp³-hybridized carbons (Fsp3) is 0.700. The maximum atomic E-state index is 11.8. The lowest BCUT2D eigenvalue weighted by Crippen LogP contribution is -2.43. The molecule has 0 saturated heterocycles. The molecule has 3 N–H and O–H groups in total. The second kappa shape index (κ2) is 6.22. The first-order valence-corrected chi connectivity index (χ1v) is 5.53. The van der Waals surface area contributed by atoms with Gasteiger partial charge in [0.2, 0.25) is 5.91 Å². The third kappa shape index (κ3) is 3.30. The van der Waals surface area contributed by atoms with Crippen molar-refractivity contribution in [1.82, 2.24) is 20.1 Å². The maximum Gasteiger partial charge on any atom is 0.244 e. The van der Waals surface area contributed by atoms with Gasteiger partial charge in [-0.2, -0.15) is 5.10 Å². The van der Waals surface area contributed by atoms with E-state index in [1.54, 1.807) is 6.92 Å². The van der Waals surface area contributed by atoms with E-state index in [4.69, 9.17) is 5.73 Å². The number of aromatic nitrogens is 3. The first kappa shape index (κ1) is 12.6. The van der Waals surface area contributed by atoms with E-state index < -0.39 is 0 Å². The first-order chi connectivity index (χ1) is 7.69. The van der Waals surface area contributed by atoms with Gasteiger partial charge in [0.15, 0.2) is 0 Å². The van der Waals surface area contributed by atoms with Crippen LogP contribution in [0.25, 0.3) is 0 Å². The van der Waals surface area contributed by atoms with Crippen LogP contribution in [0.15, 0.2) is 12.7 Å². The number of nitrogens with zero attached hydrogens (tertiary/aromatic N) is 3. The number of hydrogen-bond donors (Lipinski definition) is 2. The molecule has 1 heterocycles. The smallest absolute Gasteiger partial charge is 0.244 e. The average Bonchev–Trinajstić information content (AvgIpc) is 2.80. The van der Waals surface area contributed by atoms with Crippen molar-refractivity contribution in [3.8, 4) is 0 Å². The molecule has 0 aliphatic carbocycles. The van der Waals surface area contributed by atoms with E-state index in [1.165, 1.54) is 17.3 Å². The predicted molar refractivity (Wildman–Crippen MR) is 60.6 cm³/mol. The quantitative estimate of drug-likeness (QED) is 0.718. The largest absolute Gasteiger partial charge is 0.350 e. The van der Waals surface area contributed by atoms with E-state index in [0.29, 0.717) is 6.54 Å². The van der Waals surface area contributed by atoms with Crippen LogP contribution in [0.5, 0.6) is 0 Å². The third-order valence-electron chi connectivity index (χ3n) is 2.48. The molecule has 0 fully saturated rings. The number of hydrogen-bond acceptors (Lipinski definition) is 4. The molecule has 1 aromatic heterocycles. The maximum absolute atomic E-state index is 11.8. The lowest BCUT2D eigenvalue weighted by molar-refractivity contribution is -0.124. The Bertz CT molecular complexity index is 311. The fourth-order valence-electron chi connectivity index (χ4n) is 1.46. The zero-order chi connectivity index (χ0) is 12.0. The van der Waals surface area contributed by atoms with Crippen LogP contribution >= 0.6 is 0 Å². The first-order valence-electron chi connectivity index (χ1n) is 5.53. The third-order valence-corrected chi connectivity index (χ3v) is 2.48. The molecule has 0 aliphatic heterocycles. The number of nitrogens with one attached hydrogen (secondary N) is 1. The Hall–Kier alpha value is -1.43. The second-order valence-corrected chi connectivity index (χ2v) is 3.78. The summed E-state index contributed by atoms with van der Waals surface area (Å²) in [4.78, 5) is 15.6. The Morgan fingerprint density at radius 1 is 1.62 bits per heavy atom. The summed E-state index contributed by atoms with van der Waals surface area (Å²) >= 11 is 0. The molecule has 0 aromatic carbocycles. The van der Waals surface area contributed by atoms with Crippen molar-refractivity contribution in [3.05, 3.63) is 12.7 Å². The highest BCUT2D eigenvalue weighted by atomic mass is 16.2. The van der Waals surface area contributed by atoms with Gasteiger partial charge in [-0.25, -0.2) is 9.67 Å². The molecule has 16 heavy (non-hydrogen) atoms. The summed E-state index contributed by atoms with van der Waals surface area (Å²) in [6, 6.07) is -0.308. The highest BCUT2D eigenvalue weighted by Crippen LogP contribution is 2.03. The van der Waals surface area contributed by atoms with Gasteiger partial charge in [0, 0.05) is 12.6 Å². The molecule has 0 radical (unpaired) electrons. The number of carbonyl (C=O) groups is 1. The van der Waals surface area contributed by atoms with Crippen molar-refractivity contribution in [1.29, 1.82) is 0 Å². The predicted octanol–water partition coefficient (Wildman–Crippen LogP) is 0.0827. The Kier molecular flexibility index (Phi) is 4.91. The molecule has 90 valence electrons. The molecule has 0 bridgehead atoms. The van der Waals surface area contributed by atoms with E-state index in [-0.39, 0.29) is 18.0 Å². The number of amides is 1. The number of rotatable bonds is 6. The molecular formula is C10H19N5O. The molecule has 0 saturated carbocycles. The van der Waals surface area contributed by atoms with Crippen LogP contribution in [0.1, 0.15) is 32.7 Å². The minimum absolute atomic E-state index is 0.0449. The molecule has 0 aliphatic rings. The van der Waals surface area contributed by atoms with E-state index in [9.17, 15) is 4.79 Å². The average molecular weight is 225 g/mol. The summed E-state index contributed by atoms with van der Waals surface area (Å²) < 4.78 is 1.52. The van der Waals surface area contributed by atoms with E-state index in [0.717, 1.165) is 12.8 Å². The topological polar surface area (TPSA) is 85.8 Å². The van der Waals surface area contributed by atoms with Gasteiger partial charge < -0.3 is 11.1 Å². The molecule has 6 heteroatoms. The molecule has 1 rings (SSSR count). The standard InChI is InChI=1S/C10H19N5O/c1-3-4-9(5-11)14-10(16)8(2)15-7-12-6-13-15/h6-9H,3-5,11H2,1-2H3,(H,14,16). The monoisotopic (exact) mass is 225 g/mol. The Morgan fingerprint density at radius 3 is 2.88 bits per heavy atom. The van der Waals surface area contributed by atoms with Crippen LogP contribution in [0, 0.1) is 0 Å². The Labute approximate surface area is 95.2 Å². The van der Waals surface area contributed by atoms with Crippen LogP contribution in [-0.4, -0.2) is 33.3 Å². The van der Waals surface area contributed by atoms with Crippen molar-refractivity contribution in [2.24, 2.45) is 5.73 Å². The van der Waals surface area contributed by atoms with Gasteiger partial charge in [-0.05, 0) is 13.3 Å². The Balaban J connectivity index is 2.51. The van der Waals surface area contributed by atoms with Gasteiger partial charge in [0.05, 0.1) is 0 Å². The molecule has 0 spiro atoms. The number of carbonyl (C=O) groups excluding carboxylic acids is 1. The van der Waals surface area contributed by atoms with Crippen molar-refractivity contribution in [3.63, 3.8) is 0 Å². The normalized spacial score (nSPS) is 14.4. The van der Waals surface area contributed by atoms with Crippen molar-refractivity contribution in [2.75, 3.05) is 6.54 Å². The van der Waals surface area contributed by atoms with E-state index in [2.05, 4.69) is 22.3 Å².